The van der Waals surface area contributed by atoms with Crippen molar-refractivity contribution in [1.29, 1.82) is 0 Å². The van der Waals surface area contributed by atoms with Gasteiger partial charge in [0.2, 0.25) is 0 Å². The highest BCUT2D eigenvalue weighted by Crippen LogP contribution is 2.27. The van der Waals surface area contributed by atoms with Crippen molar-refractivity contribution < 1.29 is 14.3 Å². The second kappa shape index (κ2) is 5.61. The fourth-order valence-corrected chi connectivity index (χ4v) is 3.61. The first-order chi connectivity index (χ1) is 9.22. The summed E-state index contributed by atoms with van der Waals surface area (Å²) in [5, 5.41) is 5.12. The lowest BCUT2D eigenvalue weighted by Crippen LogP contribution is -2.49. The number of hydrogen-bond acceptors (Lipinski definition) is 4. The molecule has 1 aliphatic heterocycles. The molecule has 2 aliphatic rings. The first kappa shape index (κ1) is 13.1. The molecule has 4 nitrogen and oxygen atoms in total. The first-order valence-electron chi connectivity index (χ1n) is 6.81. The van der Waals surface area contributed by atoms with Crippen LogP contribution in [0.1, 0.15) is 34.5 Å². The molecule has 1 saturated carbocycles. The highest BCUT2D eigenvalue weighted by molar-refractivity contribution is 7.12. The maximum absolute atomic E-state index is 12.1. The number of carbonyl (C=O) groups is 1. The molecule has 104 valence electrons. The van der Waals surface area contributed by atoms with Crippen LogP contribution < -0.4 is 5.32 Å². The molecule has 2 heterocycles. The topological polar surface area (TPSA) is 47.6 Å². The fourth-order valence-electron chi connectivity index (χ4n) is 2.80. The van der Waals surface area contributed by atoms with E-state index in [-0.39, 0.29) is 24.2 Å². The summed E-state index contributed by atoms with van der Waals surface area (Å²) in [7, 11) is 0. The molecule has 19 heavy (non-hydrogen) atoms. The van der Waals surface area contributed by atoms with Gasteiger partial charge >= 0.3 is 0 Å². The molecule has 5 heteroatoms. The zero-order valence-electron chi connectivity index (χ0n) is 11.1. The summed E-state index contributed by atoms with van der Waals surface area (Å²) in [5.74, 6) is 0.0401. The van der Waals surface area contributed by atoms with E-state index in [1.54, 1.807) is 0 Å². The molecule has 1 aromatic heterocycles. The van der Waals surface area contributed by atoms with Crippen LogP contribution in [0.4, 0.5) is 0 Å². The van der Waals surface area contributed by atoms with Crippen molar-refractivity contribution in [3.8, 4) is 0 Å². The van der Waals surface area contributed by atoms with Crippen molar-refractivity contribution in [1.82, 2.24) is 5.32 Å². The molecule has 1 aliphatic carbocycles. The van der Waals surface area contributed by atoms with Crippen molar-refractivity contribution in [2.45, 2.75) is 44.4 Å². The quantitative estimate of drug-likeness (QED) is 0.903. The summed E-state index contributed by atoms with van der Waals surface area (Å²) in [5.41, 5.74) is 1.14. The van der Waals surface area contributed by atoms with E-state index in [1.807, 2.05) is 18.4 Å². The Morgan fingerprint density at radius 2 is 2.11 bits per heavy atom. The third-order valence-electron chi connectivity index (χ3n) is 3.77. The SMILES string of the molecule is Cc1csc(C(=O)N[C@@H]2CC[C@H]3OCCO[C@H]3C2)c1. The number of amides is 1. The van der Waals surface area contributed by atoms with Gasteiger partial charge in [-0.1, -0.05) is 0 Å². The lowest BCUT2D eigenvalue weighted by Gasteiger charge is -2.39. The van der Waals surface area contributed by atoms with Gasteiger partial charge < -0.3 is 14.8 Å². The van der Waals surface area contributed by atoms with Gasteiger partial charge in [0.25, 0.3) is 5.91 Å². The summed E-state index contributed by atoms with van der Waals surface area (Å²) in [6.07, 6.45) is 3.18. The zero-order valence-corrected chi connectivity index (χ0v) is 11.9. The lowest BCUT2D eigenvalue weighted by atomic mass is 9.89. The molecule has 2 fully saturated rings. The molecule has 0 bridgehead atoms. The average molecular weight is 281 g/mol. The highest BCUT2D eigenvalue weighted by Gasteiger charge is 2.34. The van der Waals surface area contributed by atoms with Gasteiger partial charge in [-0.05, 0) is 43.2 Å². The van der Waals surface area contributed by atoms with Crippen LogP contribution in [0.15, 0.2) is 11.4 Å². The third kappa shape index (κ3) is 2.99. The Bertz CT molecular complexity index is 459. The van der Waals surface area contributed by atoms with E-state index in [9.17, 15) is 4.79 Å². The third-order valence-corrected chi connectivity index (χ3v) is 4.81. The molecule has 1 saturated heterocycles. The Hall–Kier alpha value is -0.910. The number of carbonyl (C=O) groups excluding carboxylic acids is 1. The van der Waals surface area contributed by atoms with E-state index in [4.69, 9.17) is 9.47 Å². The summed E-state index contributed by atoms with van der Waals surface area (Å²) in [4.78, 5) is 12.9. The zero-order chi connectivity index (χ0) is 13.2. The Balaban J connectivity index is 1.57. The molecule has 3 atom stereocenters. The molecule has 1 amide bonds. The summed E-state index contributed by atoms with van der Waals surface area (Å²) in [6.45, 7) is 3.38. The normalized spacial score (nSPS) is 30.7. The van der Waals surface area contributed by atoms with Gasteiger partial charge in [-0.15, -0.1) is 11.3 Å². The number of thiophene rings is 1. The maximum Gasteiger partial charge on any atom is 0.261 e. The van der Waals surface area contributed by atoms with Crippen molar-refractivity contribution in [2.75, 3.05) is 13.2 Å². The standard InChI is InChI=1S/C14H19NO3S/c1-9-6-13(19-8-9)14(16)15-10-2-3-11-12(7-10)18-5-4-17-11/h6,8,10-12H,2-5,7H2,1H3,(H,15,16)/t10-,11-,12+/m1/s1. The van der Waals surface area contributed by atoms with Gasteiger partial charge in [0.15, 0.2) is 0 Å². The van der Waals surface area contributed by atoms with Crippen LogP contribution >= 0.6 is 11.3 Å². The Morgan fingerprint density at radius 3 is 2.84 bits per heavy atom. The molecular formula is C14H19NO3S. The van der Waals surface area contributed by atoms with Crippen molar-refractivity contribution in [2.24, 2.45) is 0 Å². The van der Waals surface area contributed by atoms with Gasteiger partial charge in [-0.3, -0.25) is 4.79 Å². The predicted octanol–water partition coefficient (Wildman–Crippen LogP) is 2.12. The lowest BCUT2D eigenvalue weighted by molar-refractivity contribution is -0.157. The number of nitrogens with one attached hydrogen (secondary N) is 1. The molecule has 0 unspecified atom stereocenters. The largest absolute Gasteiger partial charge is 0.373 e. The predicted molar refractivity (Wildman–Crippen MR) is 73.6 cm³/mol. The smallest absolute Gasteiger partial charge is 0.261 e. The van der Waals surface area contributed by atoms with Crippen LogP contribution in [-0.2, 0) is 9.47 Å². The van der Waals surface area contributed by atoms with Crippen molar-refractivity contribution in [3.05, 3.63) is 21.9 Å². The molecule has 0 radical (unpaired) electrons. The first-order valence-corrected chi connectivity index (χ1v) is 7.69. The van der Waals surface area contributed by atoms with Gasteiger partial charge in [0.05, 0.1) is 30.3 Å². The number of fused-ring (bicyclic) bond motifs is 1. The van der Waals surface area contributed by atoms with Crippen LogP contribution in [0.3, 0.4) is 0 Å². The molecular weight excluding hydrogens is 262 g/mol. The Labute approximate surface area is 117 Å². The minimum absolute atomic E-state index is 0.0401. The summed E-state index contributed by atoms with van der Waals surface area (Å²) in [6, 6.07) is 2.14. The van der Waals surface area contributed by atoms with Crippen molar-refractivity contribution in [3.63, 3.8) is 0 Å². The van der Waals surface area contributed by atoms with Crippen LogP contribution in [0.25, 0.3) is 0 Å². The minimum Gasteiger partial charge on any atom is -0.373 e. The average Bonchev–Trinajstić information content (AvgIpc) is 2.85. The van der Waals surface area contributed by atoms with Gasteiger partial charge in [0, 0.05) is 6.04 Å². The van der Waals surface area contributed by atoms with E-state index in [0.717, 1.165) is 29.7 Å². The fraction of sp³-hybridized carbons (Fsp3) is 0.643. The van der Waals surface area contributed by atoms with E-state index in [1.165, 1.54) is 11.3 Å². The molecule has 1 N–H and O–H groups in total. The summed E-state index contributed by atoms with van der Waals surface area (Å²) >= 11 is 1.50. The van der Waals surface area contributed by atoms with E-state index >= 15 is 0 Å². The molecule has 0 aromatic carbocycles. The Kier molecular flexibility index (Phi) is 3.86. The highest BCUT2D eigenvalue weighted by atomic mass is 32.1. The van der Waals surface area contributed by atoms with E-state index in [0.29, 0.717) is 13.2 Å². The Morgan fingerprint density at radius 1 is 1.32 bits per heavy atom. The number of hydrogen-bond donors (Lipinski definition) is 1. The minimum atomic E-state index is 0.0401. The van der Waals surface area contributed by atoms with Crippen LogP contribution in [-0.4, -0.2) is 37.4 Å². The molecule has 3 rings (SSSR count). The van der Waals surface area contributed by atoms with Crippen LogP contribution in [0, 0.1) is 6.92 Å². The maximum atomic E-state index is 12.1. The van der Waals surface area contributed by atoms with Crippen molar-refractivity contribution >= 4 is 17.2 Å². The second-order valence-corrected chi connectivity index (χ2v) is 6.20. The number of ether oxygens (including phenoxy) is 2. The monoisotopic (exact) mass is 281 g/mol. The molecule has 1 aromatic rings. The summed E-state index contributed by atoms with van der Waals surface area (Å²) < 4.78 is 11.4. The van der Waals surface area contributed by atoms with E-state index < -0.39 is 0 Å². The van der Waals surface area contributed by atoms with Gasteiger partial charge in [-0.25, -0.2) is 0 Å². The second-order valence-electron chi connectivity index (χ2n) is 5.29. The van der Waals surface area contributed by atoms with E-state index in [2.05, 4.69) is 5.32 Å². The molecule has 0 spiro atoms. The van der Waals surface area contributed by atoms with Gasteiger partial charge in [0.1, 0.15) is 0 Å². The number of rotatable bonds is 2. The number of aryl methyl sites for hydroxylation is 1. The van der Waals surface area contributed by atoms with Gasteiger partial charge in [-0.2, -0.15) is 0 Å². The van der Waals surface area contributed by atoms with Crippen LogP contribution in [0.5, 0.6) is 0 Å². The van der Waals surface area contributed by atoms with Crippen LogP contribution in [0.2, 0.25) is 0 Å².